The molecule has 0 saturated heterocycles. The van der Waals surface area contributed by atoms with E-state index in [0.717, 1.165) is 19.4 Å². The Bertz CT molecular complexity index is 403. The van der Waals surface area contributed by atoms with Crippen LogP contribution in [-0.2, 0) is 22.4 Å². The van der Waals surface area contributed by atoms with Crippen molar-refractivity contribution in [3.05, 3.63) is 35.4 Å². The lowest BCUT2D eigenvalue weighted by Gasteiger charge is -2.23. The van der Waals surface area contributed by atoms with E-state index in [9.17, 15) is 4.79 Å². The topological polar surface area (TPSA) is 29.5 Å². The van der Waals surface area contributed by atoms with Crippen LogP contribution in [0.3, 0.4) is 0 Å². The van der Waals surface area contributed by atoms with E-state index in [0.29, 0.717) is 6.61 Å². The molecule has 0 N–H and O–H groups in total. The minimum absolute atomic E-state index is 0.105. The molecule has 1 aromatic carbocycles. The van der Waals surface area contributed by atoms with Crippen molar-refractivity contribution in [2.45, 2.75) is 25.8 Å². The van der Waals surface area contributed by atoms with Gasteiger partial charge in [-0.2, -0.15) is 0 Å². The highest BCUT2D eigenvalue weighted by molar-refractivity contribution is 5.76. The lowest BCUT2D eigenvalue weighted by Crippen LogP contribution is -2.40. The van der Waals surface area contributed by atoms with E-state index in [1.165, 1.54) is 11.1 Å². The maximum Gasteiger partial charge on any atom is 0.323 e. The van der Waals surface area contributed by atoms with Crippen molar-refractivity contribution in [3.63, 3.8) is 0 Å². The molecule has 0 amide bonds. The molecule has 1 aromatic rings. The predicted molar refractivity (Wildman–Crippen MR) is 66.9 cm³/mol. The van der Waals surface area contributed by atoms with E-state index >= 15 is 0 Å². The molecule has 0 saturated carbocycles. The standard InChI is InChI=1S/C14H19NO2/c1-3-17-14(16)13-10-12-7-5-4-6-11(12)8-9-15(13)2/h4-7,13H,3,8-10H2,1-2H3. The maximum absolute atomic E-state index is 11.9. The zero-order valence-corrected chi connectivity index (χ0v) is 10.5. The summed E-state index contributed by atoms with van der Waals surface area (Å²) in [6, 6.07) is 8.21. The van der Waals surface area contributed by atoms with Crippen LogP contribution in [0.1, 0.15) is 18.1 Å². The number of carbonyl (C=O) groups excluding carboxylic acids is 1. The summed E-state index contributed by atoms with van der Waals surface area (Å²) in [5, 5.41) is 0. The summed E-state index contributed by atoms with van der Waals surface area (Å²) < 4.78 is 5.14. The zero-order chi connectivity index (χ0) is 12.3. The summed E-state index contributed by atoms with van der Waals surface area (Å²) >= 11 is 0. The Morgan fingerprint density at radius 2 is 2.12 bits per heavy atom. The molecule has 1 aliphatic rings. The molecule has 0 radical (unpaired) electrons. The van der Waals surface area contributed by atoms with Gasteiger partial charge in [0.1, 0.15) is 6.04 Å². The molecule has 1 unspecified atom stereocenters. The largest absolute Gasteiger partial charge is 0.465 e. The first-order valence-electron chi connectivity index (χ1n) is 6.16. The summed E-state index contributed by atoms with van der Waals surface area (Å²) in [5.74, 6) is -0.105. The fourth-order valence-electron chi connectivity index (χ4n) is 2.32. The Hall–Kier alpha value is -1.35. The second-order valence-electron chi connectivity index (χ2n) is 4.47. The number of ether oxygens (including phenoxy) is 1. The van der Waals surface area contributed by atoms with E-state index < -0.39 is 0 Å². The van der Waals surface area contributed by atoms with Crippen LogP contribution in [-0.4, -0.2) is 37.1 Å². The van der Waals surface area contributed by atoms with Gasteiger partial charge >= 0.3 is 5.97 Å². The molecule has 0 spiro atoms. The molecule has 17 heavy (non-hydrogen) atoms. The molecule has 1 aliphatic heterocycles. The molecule has 1 atom stereocenters. The average molecular weight is 233 g/mol. The van der Waals surface area contributed by atoms with Crippen molar-refractivity contribution in [1.29, 1.82) is 0 Å². The number of hydrogen-bond donors (Lipinski definition) is 0. The molecule has 0 bridgehead atoms. The van der Waals surface area contributed by atoms with Gasteiger partial charge < -0.3 is 4.74 Å². The van der Waals surface area contributed by atoms with E-state index in [-0.39, 0.29) is 12.0 Å². The van der Waals surface area contributed by atoms with Gasteiger partial charge in [0.15, 0.2) is 0 Å². The van der Waals surface area contributed by atoms with Crippen LogP contribution >= 0.6 is 0 Å². The Kier molecular flexibility index (Phi) is 3.79. The van der Waals surface area contributed by atoms with Crippen LogP contribution in [0.2, 0.25) is 0 Å². The zero-order valence-electron chi connectivity index (χ0n) is 10.5. The van der Waals surface area contributed by atoms with Crippen LogP contribution in [0.25, 0.3) is 0 Å². The fourth-order valence-corrected chi connectivity index (χ4v) is 2.32. The molecule has 0 aromatic heterocycles. The SMILES string of the molecule is CCOC(=O)C1Cc2ccccc2CCN1C. The van der Waals surface area contributed by atoms with E-state index in [2.05, 4.69) is 23.1 Å². The number of esters is 1. The van der Waals surface area contributed by atoms with Crippen LogP contribution in [0.15, 0.2) is 24.3 Å². The van der Waals surface area contributed by atoms with Gasteiger partial charge in [-0.25, -0.2) is 0 Å². The highest BCUT2D eigenvalue weighted by Crippen LogP contribution is 2.19. The molecule has 0 fully saturated rings. The van der Waals surface area contributed by atoms with Gasteiger partial charge in [0.05, 0.1) is 6.61 Å². The predicted octanol–water partition coefficient (Wildman–Crippen LogP) is 1.65. The number of carbonyl (C=O) groups is 1. The minimum Gasteiger partial charge on any atom is -0.465 e. The van der Waals surface area contributed by atoms with Gasteiger partial charge in [-0.15, -0.1) is 0 Å². The van der Waals surface area contributed by atoms with Crippen molar-refractivity contribution in [2.24, 2.45) is 0 Å². The first kappa shape index (κ1) is 12.1. The Balaban J connectivity index is 2.21. The summed E-state index contributed by atoms with van der Waals surface area (Å²) in [5.41, 5.74) is 2.63. The third-order valence-electron chi connectivity index (χ3n) is 3.36. The molecule has 1 heterocycles. The van der Waals surface area contributed by atoms with Crippen LogP contribution < -0.4 is 0 Å². The number of hydrogen-bond acceptors (Lipinski definition) is 3. The Morgan fingerprint density at radius 3 is 2.82 bits per heavy atom. The average Bonchev–Trinajstić information content (AvgIpc) is 2.50. The van der Waals surface area contributed by atoms with Gasteiger partial charge in [-0.1, -0.05) is 24.3 Å². The molecule has 0 aliphatic carbocycles. The number of nitrogens with zero attached hydrogens (tertiary/aromatic N) is 1. The summed E-state index contributed by atoms with van der Waals surface area (Å²) in [6.07, 6.45) is 1.76. The van der Waals surface area contributed by atoms with Gasteiger partial charge in [0, 0.05) is 6.54 Å². The number of benzene rings is 1. The fraction of sp³-hybridized carbons (Fsp3) is 0.500. The van der Waals surface area contributed by atoms with Gasteiger partial charge in [0.25, 0.3) is 0 Å². The number of rotatable bonds is 2. The quantitative estimate of drug-likeness (QED) is 0.727. The number of likely N-dealkylation sites (N-methyl/N-ethyl adjacent to an activating group) is 1. The summed E-state index contributed by atoms with van der Waals surface area (Å²) in [7, 11) is 1.99. The van der Waals surface area contributed by atoms with Crippen LogP contribution in [0.5, 0.6) is 0 Å². The van der Waals surface area contributed by atoms with Crippen molar-refractivity contribution < 1.29 is 9.53 Å². The molecular weight excluding hydrogens is 214 g/mol. The summed E-state index contributed by atoms with van der Waals surface area (Å²) in [6.45, 7) is 3.20. The first-order valence-corrected chi connectivity index (χ1v) is 6.16. The lowest BCUT2D eigenvalue weighted by molar-refractivity contribution is -0.148. The van der Waals surface area contributed by atoms with Crippen molar-refractivity contribution in [2.75, 3.05) is 20.2 Å². The highest BCUT2D eigenvalue weighted by Gasteiger charge is 2.27. The van der Waals surface area contributed by atoms with Crippen LogP contribution in [0, 0.1) is 0 Å². The van der Waals surface area contributed by atoms with Gasteiger partial charge in [0.2, 0.25) is 0 Å². The van der Waals surface area contributed by atoms with E-state index in [1.807, 2.05) is 20.0 Å². The van der Waals surface area contributed by atoms with Crippen LogP contribution in [0.4, 0.5) is 0 Å². The maximum atomic E-state index is 11.9. The minimum atomic E-state index is -0.140. The molecular formula is C14H19NO2. The second-order valence-corrected chi connectivity index (χ2v) is 4.47. The highest BCUT2D eigenvalue weighted by atomic mass is 16.5. The van der Waals surface area contributed by atoms with Gasteiger partial charge in [-0.05, 0) is 37.9 Å². The Labute approximate surface area is 102 Å². The third-order valence-corrected chi connectivity index (χ3v) is 3.36. The molecule has 92 valence electrons. The van der Waals surface area contributed by atoms with Crippen molar-refractivity contribution >= 4 is 5.97 Å². The van der Waals surface area contributed by atoms with E-state index in [1.54, 1.807) is 0 Å². The molecule has 3 nitrogen and oxygen atoms in total. The molecule has 2 rings (SSSR count). The third kappa shape index (κ3) is 2.67. The Morgan fingerprint density at radius 1 is 1.41 bits per heavy atom. The van der Waals surface area contributed by atoms with E-state index in [4.69, 9.17) is 4.74 Å². The molecule has 3 heteroatoms. The second kappa shape index (κ2) is 5.32. The first-order chi connectivity index (χ1) is 8.22. The lowest BCUT2D eigenvalue weighted by atomic mass is 10.0. The summed E-state index contributed by atoms with van der Waals surface area (Å²) in [4.78, 5) is 14.0. The van der Waals surface area contributed by atoms with Crippen molar-refractivity contribution in [3.8, 4) is 0 Å². The monoisotopic (exact) mass is 233 g/mol. The number of fused-ring (bicyclic) bond motifs is 1. The smallest absolute Gasteiger partial charge is 0.323 e. The van der Waals surface area contributed by atoms with Crippen molar-refractivity contribution in [1.82, 2.24) is 4.90 Å². The van der Waals surface area contributed by atoms with Gasteiger partial charge in [-0.3, -0.25) is 9.69 Å². The normalized spacial score (nSPS) is 20.5.